The Kier molecular flexibility index (Phi) is 3.93. The summed E-state index contributed by atoms with van der Waals surface area (Å²) in [6.45, 7) is 0. The lowest BCUT2D eigenvalue weighted by atomic mass is 10.2. The Bertz CT molecular complexity index is 589. The molecule has 0 saturated heterocycles. The fourth-order valence-electron chi connectivity index (χ4n) is 1.30. The molecule has 0 aliphatic carbocycles. The number of nitrogens with zero attached hydrogens (tertiary/aromatic N) is 1. The van der Waals surface area contributed by atoms with Gasteiger partial charge in [0, 0.05) is 4.47 Å². The number of anilines is 1. The predicted molar refractivity (Wildman–Crippen MR) is 71.3 cm³/mol. The third-order valence-electron chi connectivity index (χ3n) is 2.14. The summed E-state index contributed by atoms with van der Waals surface area (Å²) in [6.07, 6.45) is 1.03. The van der Waals surface area contributed by atoms with E-state index in [1.807, 2.05) is 0 Å². The molecule has 1 aromatic carbocycles. The summed E-state index contributed by atoms with van der Waals surface area (Å²) in [5, 5.41) is 2.86. The number of pyridine rings is 1. The first-order valence-corrected chi connectivity index (χ1v) is 6.11. The molecule has 92 valence electrons. The maximum atomic E-state index is 12.7. The highest BCUT2D eigenvalue weighted by Gasteiger charge is 2.11. The zero-order valence-corrected chi connectivity index (χ0v) is 11.3. The van der Waals surface area contributed by atoms with Crippen LogP contribution < -0.4 is 5.32 Å². The van der Waals surface area contributed by atoms with Crippen LogP contribution in [0.25, 0.3) is 0 Å². The van der Waals surface area contributed by atoms with Gasteiger partial charge in [-0.1, -0.05) is 27.5 Å². The lowest BCUT2D eigenvalue weighted by Gasteiger charge is -2.06. The molecule has 0 fully saturated rings. The maximum absolute atomic E-state index is 12.7. The second-order valence-corrected chi connectivity index (χ2v) is 4.76. The standard InChI is InChI=1S/C12H7BrClFN2O/c13-7-1-3-10(14)9(5-7)12(18)17-11-4-2-8(15)6-16-11/h1-6H,(H,16,17,18). The minimum atomic E-state index is -0.464. The fourth-order valence-corrected chi connectivity index (χ4v) is 1.87. The van der Waals surface area contributed by atoms with Crippen molar-refractivity contribution in [1.82, 2.24) is 4.98 Å². The van der Waals surface area contributed by atoms with E-state index in [-0.39, 0.29) is 5.82 Å². The van der Waals surface area contributed by atoms with Crippen LogP contribution in [0.15, 0.2) is 41.0 Å². The zero-order chi connectivity index (χ0) is 13.1. The molecule has 18 heavy (non-hydrogen) atoms. The van der Waals surface area contributed by atoms with Crippen LogP contribution in [0.5, 0.6) is 0 Å². The molecule has 1 aromatic heterocycles. The van der Waals surface area contributed by atoms with Crippen molar-refractivity contribution in [2.24, 2.45) is 0 Å². The molecule has 6 heteroatoms. The van der Waals surface area contributed by atoms with Gasteiger partial charge in [-0.25, -0.2) is 9.37 Å². The molecule has 0 bridgehead atoms. The first-order valence-electron chi connectivity index (χ1n) is 4.94. The molecule has 0 aliphatic rings. The lowest BCUT2D eigenvalue weighted by Crippen LogP contribution is -2.13. The van der Waals surface area contributed by atoms with Crippen molar-refractivity contribution in [3.8, 4) is 0 Å². The van der Waals surface area contributed by atoms with Gasteiger partial charge >= 0.3 is 0 Å². The zero-order valence-electron chi connectivity index (χ0n) is 8.95. The van der Waals surface area contributed by atoms with Crippen LogP contribution in [0.2, 0.25) is 5.02 Å². The van der Waals surface area contributed by atoms with E-state index < -0.39 is 11.7 Å². The van der Waals surface area contributed by atoms with E-state index in [9.17, 15) is 9.18 Å². The molecule has 1 heterocycles. The van der Waals surface area contributed by atoms with E-state index in [0.717, 1.165) is 10.7 Å². The number of aromatic nitrogens is 1. The third kappa shape index (κ3) is 3.05. The molecule has 2 rings (SSSR count). The number of hydrogen-bond donors (Lipinski definition) is 1. The van der Waals surface area contributed by atoms with Crippen molar-refractivity contribution in [2.75, 3.05) is 5.32 Å². The number of hydrogen-bond acceptors (Lipinski definition) is 2. The number of carbonyl (C=O) groups is 1. The molecule has 3 nitrogen and oxygen atoms in total. The van der Waals surface area contributed by atoms with E-state index in [4.69, 9.17) is 11.6 Å². The number of carbonyl (C=O) groups excluding carboxylic acids is 1. The van der Waals surface area contributed by atoms with E-state index >= 15 is 0 Å². The van der Waals surface area contributed by atoms with Crippen molar-refractivity contribution in [3.63, 3.8) is 0 Å². The molecular formula is C12H7BrClFN2O. The topological polar surface area (TPSA) is 42.0 Å². The van der Waals surface area contributed by atoms with Crippen LogP contribution in [0.3, 0.4) is 0 Å². The van der Waals surface area contributed by atoms with Gasteiger partial charge in [-0.05, 0) is 30.3 Å². The Balaban J connectivity index is 2.21. The van der Waals surface area contributed by atoms with Crippen molar-refractivity contribution in [3.05, 3.63) is 57.4 Å². The predicted octanol–water partition coefficient (Wildman–Crippen LogP) is 3.89. The van der Waals surface area contributed by atoms with Gasteiger partial charge < -0.3 is 5.32 Å². The summed E-state index contributed by atoms with van der Waals surface area (Å²) in [7, 11) is 0. The summed E-state index contributed by atoms with van der Waals surface area (Å²) in [4.78, 5) is 15.7. The average molecular weight is 330 g/mol. The third-order valence-corrected chi connectivity index (χ3v) is 2.96. The van der Waals surface area contributed by atoms with Crippen LogP contribution in [0, 0.1) is 5.82 Å². The van der Waals surface area contributed by atoms with E-state index in [2.05, 4.69) is 26.2 Å². The maximum Gasteiger partial charge on any atom is 0.258 e. The Labute approximate surface area is 116 Å². The largest absolute Gasteiger partial charge is 0.307 e. The second-order valence-electron chi connectivity index (χ2n) is 3.44. The van der Waals surface area contributed by atoms with Crippen molar-refractivity contribution < 1.29 is 9.18 Å². The molecule has 0 radical (unpaired) electrons. The van der Waals surface area contributed by atoms with Crippen LogP contribution in [0.1, 0.15) is 10.4 Å². The minimum Gasteiger partial charge on any atom is -0.307 e. The highest BCUT2D eigenvalue weighted by atomic mass is 79.9. The van der Waals surface area contributed by atoms with Crippen LogP contribution in [-0.4, -0.2) is 10.9 Å². The van der Waals surface area contributed by atoms with E-state index in [0.29, 0.717) is 10.6 Å². The smallest absolute Gasteiger partial charge is 0.258 e. The molecule has 1 amide bonds. The summed E-state index contributed by atoms with van der Waals surface area (Å²) in [5.41, 5.74) is 0.317. The average Bonchev–Trinajstić information content (AvgIpc) is 2.35. The quantitative estimate of drug-likeness (QED) is 0.908. The van der Waals surface area contributed by atoms with Crippen molar-refractivity contribution >= 4 is 39.3 Å². The van der Waals surface area contributed by atoms with Gasteiger partial charge in [-0.2, -0.15) is 0 Å². The first-order chi connectivity index (χ1) is 8.56. The number of halogens is 3. The van der Waals surface area contributed by atoms with Crippen molar-refractivity contribution in [1.29, 1.82) is 0 Å². The number of nitrogens with one attached hydrogen (secondary N) is 1. The normalized spacial score (nSPS) is 10.2. The monoisotopic (exact) mass is 328 g/mol. The van der Waals surface area contributed by atoms with Crippen LogP contribution in [-0.2, 0) is 0 Å². The highest BCUT2D eigenvalue weighted by molar-refractivity contribution is 9.10. The number of rotatable bonds is 2. The summed E-state index contributed by atoms with van der Waals surface area (Å²) < 4.78 is 13.4. The van der Waals surface area contributed by atoms with Gasteiger partial charge in [-0.3, -0.25) is 4.79 Å². The van der Waals surface area contributed by atoms with Gasteiger partial charge in [0.25, 0.3) is 5.91 Å². The van der Waals surface area contributed by atoms with Crippen LogP contribution in [0.4, 0.5) is 10.2 Å². The first kappa shape index (κ1) is 13.0. The van der Waals surface area contributed by atoms with Gasteiger partial charge in [0.1, 0.15) is 11.6 Å². The Morgan fingerprint density at radius 3 is 2.78 bits per heavy atom. The molecule has 2 aromatic rings. The van der Waals surface area contributed by atoms with Crippen molar-refractivity contribution in [2.45, 2.75) is 0 Å². The van der Waals surface area contributed by atoms with Gasteiger partial charge in [0.2, 0.25) is 0 Å². The number of benzene rings is 1. The molecule has 0 saturated carbocycles. The molecule has 0 spiro atoms. The molecule has 0 aliphatic heterocycles. The van der Waals surface area contributed by atoms with Gasteiger partial charge in [0.05, 0.1) is 16.8 Å². The molecule has 0 unspecified atom stereocenters. The van der Waals surface area contributed by atoms with Gasteiger partial charge in [0.15, 0.2) is 0 Å². The second kappa shape index (κ2) is 5.46. The SMILES string of the molecule is O=C(Nc1ccc(F)cn1)c1cc(Br)ccc1Cl. The van der Waals surface area contributed by atoms with E-state index in [1.54, 1.807) is 18.2 Å². The fraction of sp³-hybridized carbons (Fsp3) is 0. The van der Waals surface area contributed by atoms with Gasteiger partial charge in [-0.15, -0.1) is 0 Å². The van der Waals surface area contributed by atoms with Crippen LogP contribution >= 0.6 is 27.5 Å². The molecule has 0 atom stereocenters. The molecular weight excluding hydrogens is 322 g/mol. The summed E-state index contributed by atoms with van der Waals surface area (Å²) in [5.74, 6) is -0.605. The number of amides is 1. The summed E-state index contributed by atoms with van der Waals surface area (Å²) in [6, 6.07) is 7.53. The molecule has 1 N–H and O–H groups in total. The highest BCUT2D eigenvalue weighted by Crippen LogP contribution is 2.21. The summed E-state index contributed by atoms with van der Waals surface area (Å²) >= 11 is 9.18. The Hall–Kier alpha value is -1.46. The Morgan fingerprint density at radius 1 is 1.33 bits per heavy atom. The lowest BCUT2D eigenvalue weighted by molar-refractivity contribution is 0.102. The van der Waals surface area contributed by atoms with E-state index in [1.165, 1.54) is 12.1 Å². The Morgan fingerprint density at radius 2 is 2.11 bits per heavy atom. The minimum absolute atomic E-state index is 0.262.